The van der Waals surface area contributed by atoms with Crippen LogP contribution in [0.1, 0.15) is 32.6 Å². The van der Waals surface area contributed by atoms with Crippen molar-refractivity contribution in [2.24, 2.45) is 0 Å². The lowest BCUT2D eigenvalue weighted by Gasteiger charge is -2.26. The van der Waals surface area contributed by atoms with Gasteiger partial charge in [-0.2, -0.15) is 22.0 Å². The predicted molar refractivity (Wildman–Crippen MR) is 138 cm³/mol. The molecule has 0 fully saturated rings. The molecule has 0 aliphatic carbocycles. The summed E-state index contributed by atoms with van der Waals surface area (Å²) in [6, 6.07) is 25.5. The minimum Gasteiger partial charge on any atom is -0.743 e. The number of halogens is 6. The van der Waals surface area contributed by atoms with E-state index < -0.39 is 27.7 Å². The number of alkyl halides is 5. The fourth-order valence-corrected chi connectivity index (χ4v) is 5.72. The first kappa shape index (κ1) is 33.5. The number of benzene rings is 3. The van der Waals surface area contributed by atoms with Crippen LogP contribution >= 0.6 is 0 Å². The molecule has 0 bridgehead atoms. The van der Waals surface area contributed by atoms with Crippen molar-refractivity contribution in [3.05, 3.63) is 84.7 Å². The van der Waals surface area contributed by atoms with E-state index in [9.17, 15) is 39.3 Å². The van der Waals surface area contributed by atoms with Crippen LogP contribution < -0.4 is 4.74 Å². The Morgan fingerprint density at radius 2 is 1.32 bits per heavy atom. The summed E-state index contributed by atoms with van der Waals surface area (Å²) >= 11 is 0. The quantitative estimate of drug-likeness (QED) is 0.110. The number of hydrogen-bond acceptors (Lipinski definition) is 5. The van der Waals surface area contributed by atoms with Gasteiger partial charge in [-0.1, -0.05) is 44.4 Å². The standard InChI is InChI=1S/C24H26FOS.C3H3F5O4S/c1-2-3-4-8-19-26-21-13-17-24(18-14-21)27(22-9-6-5-7-10-22)23-15-11-20(25)12-16-23;4-2(5,6)1(9)3(7,8)13(10,11)12/h5-7,9-18H,2-4,8,19H2,1H3;1,9H,(H,10,11,12)/q+1;/p-1. The molecule has 40 heavy (non-hydrogen) atoms. The van der Waals surface area contributed by atoms with E-state index in [0.717, 1.165) is 23.7 Å². The first-order valence-electron chi connectivity index (χ1n) is 12.0. The Morgan fingerprint density at radius 1 is 0.825 bits per heavy atom. The van der Waals surface area contributed by atoms with Crippen LogP contribution in [0.3, 0.4) is 0 Å². The molecular formula is C27H28F6O5S2. The summed E-state index contributed by atoms with van der Waals surface area (Å²) in [5.74, 6) is 0.702. The minimum atomic E-state index is -6.54. The Hall–Kier alpha value is -2.74. The van der Waals surface area contributed by atoms with Crippen LogP contribution in [0, 0.1) is 5.82 Å². The Morgan fingerprint density at radius 3 is 1.77 bits per heavy atom. The van der Waals surface area contributed by atoms with E-state index in [1.54, 1.807) is 0 Å². The molecule has 0 saturated heterocycles. The second-order valence-corrected chi connectivity index (χ2v) is 11.9. The third kappa shape index (κ3) is 9.72. The van der Waals surface area contributed by atoms with Crippen LogP contribution in [0.25, 0.3) is 0 Å². The molecule has 0 heterocycles. The van der Waals surface area contributed by atoms with Crippen LogP contribution in [0.4, 0.5) is 26.3 Å². The Labute approximate surface area is 231 Å². The molecular weight excluding hydrogens is 582 g/mol. The lowest BCUT2D eigenvalue weighted by molar-refractivity contribution is -0.248. The first-order valence-corrected chi connectivity index (χ1v) is 14.7. The molecule has 0 amide bonds. The van der Waals surface area contributed by atoms with Crippen LogP contribution in [-0.2, 0) is 21.0 Å². The zero-order valence-electron chi connectivity index (χ0n) is 21.3. The molecule has 0 aliphatic heterocycles. The molecule has 13 heteroatoms. The Kier molecular flexibility index (Phi) is 12.4. The number of aliphatic hydroxyl groups is 1. The topological polar surface area (TPSA) is 86.7 Å². The van der Waals surface area contributed by atoms with Gasteiger partial charge in [0.1, 0.15) is 11.6 Å². The van der Waals surface area contributed by atoms with Crippen molar-refractivity contribution in [2.75, 3.05) is 6.61 Å². The number of unbranched alkanes of at least 4 members (excludes halogenated alkanes) is 3. The van der Waals surface area contributed by atoms with E-state index in [4.69, 9.17) is 9.84 Å². The maximum absolute atomic E-state index is 13.4. The van der Waals surface area contributed by atoms with Crippen LogP contribution in [0.2, 0.25) is 0 Å². The first-order chi connectivity index (χ1) is 18.7. The van der Waals surface area contributed by atoms with Crippen LogP contribution in [0.5, 0.6) is 5.75 Å². The van der Waals surface area contributed by atoms with Crippen LogP contribution in [-0.4, -0.2) is 42.2 Å². The molecule has 0 spiro atoms. The Bertz CT molecular complexity index is 1270. The smallest absolute Gasteiger partial charge is 0.421 e. The molecule has 3 rings (SSSR count). The van der Waals surface area contributed by atoms with E-state index in [2.05, 4.69) is 31.2 Å². The number of hydrogen-bond donors (Lipinski definition) is 1. The summed E-state index contributed by atoms with van der Waals surface area (Å²) < 4.78 is 106. The summed E-state index contributed by atoms with van der Waals surface area (Å²) in [5, 5.41) is 2.02. The van der Waals surface area contributed by atoms with Gasteiger partial charge < -0.3 is 14.4 Å². The number of ether oxygens (including phenoxy) is 1. The monoisotopic (exact) mass is 610 g/mol. The normalized spacial score (nSPS) is 13.6. The SMILES string of the molecule is CCCCCCOc1ccc([S+](c2ccccc2)c2ccc(F)cc2)cc1.O=S(=O)([O-])C(F)(F)C(O)C(F)(F)F. The molecule has 2 unspecified atom stereocenters. The zero-order valence-corrected chi connectivity index (χ0v) is 22.9. The van der Waals surface area contributed by atoms with Gasteiger partial charge in [-0.15, -0.1) is 0 Å². The molecule has 3 aromatic carbocycles. The molecule has 3 aromatic rings. The highest BCUT2D eigenvalue weighted by Gasteiger charge is 2.59. The molecule has 220 valence electrons. The highest BCUT2D eigenvalue weighted by atomic mass is 32.2. The van der Waals surface area contributed by atoms with E-state index in [1.807, 2.05) is 42.5 Å². The highest BCUT2D eigenvalue weighted by molar-refractivity contribution is 7.97. The fraction of sp³-hybridized carbons (Fsp3) is 0.333. The van der Waals surface area contributed by atoms with Gasteiger partial charge in [0.15, 0.2) is 24.8 Å². The lowest BCUT2D eigenvalue weighted by Crippen LogP contribution is -2.49. The summed E-state index contributed by atoms with van der Waals surface area (Å²) in [4.78, 5) is 3.53. The van der Waals surface area contributed by atoms with Crippen molar-refractivity contribution in [1.82, 2.24) is 0 Å². The molecule has 0 aliphatic rings. The maximum atomic E-state index is 13.4. The molecule has 5 nitrogen and oxygen atoms in total. The number of aliphatic hydroxyl groups excluding tert-OH is 1. The average Bonchev–Trinajstić information content (AvgIpc) is 2.90. The van der Waals surface area contributed by atoms with Crippen molar-refractivity contribution in [1.29, 1.82) is 0 Å². The summed E-state index contributed by atoms with van der Waals surface area (Å²) in [7, 11) is -6.80. The largest absolute Gasteiger partial charge is 0.743 e. The van der Waals surface area contributed by atoms with E-state index in [0.29, 0.717) is 0 Å². The highest BCUT2D eigenvalue weighted by Crippen LogP contribution is 2.35. The predicted octanol–water partition coefficient (Wildman–Crippen LogP) is 6.93. The van der Waals surface area contributed by atoms with E-state index in [-0.39, 0.29) is 16.7 Å². The lowest BCUT2D eigenvalue weighted by atomic mass is 10.2. The molecule has 0 radical (unpaired) electrons. The van der Waals surface area contributed by atoms with Gasteiger partial charge in [-0.25, -0.2) is 12.8 Å². The van der Waals surface area contributed by atoms with Gasteiger partial charge >= 0.3 is 11.4 Å². The van der Waals surface area contributed by atoms with E-state index in [1.165, 1.54) is 41.2 Å². The van der Waals surface area contributed by atoms with Crippen molar-refractivity contribution >= 4 is 21.0 Å². The minimum absolute atomic E-state index is 0.206. The van der Waals surface area contributed by atoms with Gasteiger partial charge in [0.25, 0.3) is 0 Å². The summed E-state index contributed by atoms with van der Waals surface area (Å²) in [6.45, 7) is 2.98. The average molecular weight is 611 g/mol. The van der Waals surface area contributed by atoms with Gasteiger partial charge in [0, 0.05) is 0 Å². The summed E-state index contributed by atoms with van der Waals surface area (Å²) in [6.07, 6.45) is -5.57. The van der Waals surface area contributed by atoms with Crippen LogP contribution in [0.15, 0.2) is 93.5 Å². The zero-order chi connectivity index (χ0) is 30.0. The Balaban J connectivity index is 0.000000366. The summed E-state index contributed by atoms with van der Waals surface area (Å²) in [5.41, 5.74) is 0. The van der Waals surface area contributed by atoms with Gasteiger partial charge in [-0.3, -0.25) is 0 Å². The van der Waals surface area contributed by atoms with Gasteiger partial charge in [0.2, 0.25) is 6.10 Å². The second kappa shape index (κ2) is 14.8. The molecule has 1 N–H and O–H groups in total. The molecule has 2 atom stereocenters. The third-order valence-corrected chi connectivity index (χ3v) is 8.44. The van der Waals surface area contributed by atoms with Crippen molar-refractivity contribution in [2.45, 2.75) is 64.8 Å². The maximum Gasteiger partial charge on any atom is 0.421 e. The molecule has 0 saturated carbocycles. The second-order valence-electron chi connectivity index (χ2n) is 8.41. The van der Waals surface area contributed by atoms with Crippen molar-refractivity contribution < 1.29 is 49.2 Å². The number of rotatable bonds is 11. The van der Waals surface area contributed by atoms with E-state index >= 15 is 0 Å². The fourth-order valence-electron chi connectivity index (χ4n) is 3.25. The van der Waals surface area contributed by atoms with Crippen molar-refractivity contribution in [3.63, 3.8) is 0 Å². The van der Waals surface area contributed by atoms with Gasteiger partial charge in [0.05, 0.1) is 17.5 Å². The molecule has 0 aromatic heterocycles. The third-order valence-electron chi connectivity index (χ3n) is 5.32. The van der Waals surface area contributed by atoms with Crippen molar-refractivity contribution in [3.8, 4) is 5.75 Å². The van der Waals surface area contributed by atoms with Gasteiger partial charge in [-0.05, 0) is 67.1 Å².